The lowest BCUT2D eigenvalue weighted by Gasteiger charge is -2.36. The van der Waals surface area contributed by atoms with Crippen LogP contribution in [0.2, 0.25) is 0 Å². The molecule has 2 heterocycles. The first kappa shape index (κ1) is 29.5. The number of halogens is 6. The van der Waals surface area contributed by atoms with E-state index in [-0.39, 0.29) is 22.2 Å². The van der Waals surface area contributed by atoms with Gasteiger partial charge in [0.2, 0.25) is 10.0 Å². The van der Waals surface area contributed by atoms with Crippen LogP contribution >= 0.6 is 0 Å². The lowest BCUT2D eigenvalue weighted by atomic mass is 9.40. The standard InChI is InChI=1S/C27H19BF6N2O4S2/c29-26(30,31)41(37,38)35-42(39,27(32,33)34)40-28(22-16-8-3-9-17-22)25(21-14-6-2-7-15-21)24(20-12-4-1-5-13-20)23-18-10-11-19-36(23)28/h1-19H/t28-,42+/m0/s1. The van der Waals surface area contributed by atoms with Gasteiger partial charge in [-0.15, -0.1) is 0 Å². The number of sulfonamides is 1. The highest BCUT2D eigenvalue weighted by Gasteiger charge is 2.60. The van der Waals surface area contributed by atoms with Crippen LogP contribution in [0, 0.1) is 0 Å². The zero-order valence-corrected chi connectivity index (χ0v) is 22.8. The molecule has 0 fully saturated rings. The SMILES string of the molecule is O=S(=O)(N=[S@](=O)(O[B@@-]1(c2ccccc2)C(c2ccccc2)=C(c2ccccc2)c2cccc[n+]21)C(F)(F)F)C(F)(F)F. The number of rotatable bonds is 6. The van der Waals surface area contributed by atoms with Crippen molar-refractivity contribution in [3.8, 4) is 0 Å². The van der Waals surface area contributed by atoms with Crippen LogP contribution in [0.5, 0.6) is 0 Å². The third-order valence-corrected chi connectivity index (χ3v) is 9.93. The van der Waals surface area contributed by atoms with Crippen molar-refractivity contribution in [1.29, 1.82) is 0 Å². The predicted molar refractivity (Wildman–Crippen MR) is 145 cm³/mol. The molecule has 1 aliphatic heterocycles. The van der Waals surface area contributed by atoms with Crippen molar-refractivity contribution in [3.63, 3.8) is 0 Å². The van der Waals surface area contributed by atoms with Gasteiger partial charge in [-0.05, 0) is 11.6 Å². The minimum atomic E-state index is -6.93. The highest BCUT2D eigenvalue weighted by atomic mass is 32.3. The molecule has 0 N–H and O–H groups in total. The molecule has 0 bridgehead atoms. The molecule has 0 amide bonds. The molecule has 1 aliphatic rings. The van der Waals surface area contributed by atoms with Crippen LogP contribution in [-0.2, 0) is 24.1 Å². The van der Waals surface area contributed by atoms with E-state index in [1.807, 2.05) is 3.77 Å². The summed E-state index contributed by atoms with van der Waals surface area (Å²) in [6, 6.07) is 28.1. The minimum Gasteiger partial charge on any atom is -0.420 e. The maximum atomic E-state index is 14.5. The number of fused-ring (bicyclic) bond motifs is 1. The molecule has 3 aromatic carbocycles. The Morgan fingerprint density at radius 2 is 1.14 bits per heavy atom. The molecule has 0 saturated carbocycles. The van der Waals surface area contributed by atoms with Crippen LogP contribution in [-0.4, -0.2) is 30.1 Å². The highest BCUT2D eigenvalue weighted by Crippen LogP contribution is 2.44. The maximum absolute atomic E-state index is 14.5. The smallest absolute Gasteiger partial charge is 0.420 e. The van der Waals surface area contributed by atoms with E-state index in [9.17, 15) is 39.0 Å². The van der Waals surface area contributed by atoms with E-state index in [0.29, 0.717) is 11.1 Å². The van der Waals surface area contributed by atoms with Crippen molar-refractivity contribution < 1.29 is 47.5 Å². The number of aromatic nitrogens is 1. The minimum absolute atomic E-state index is 0.0239. The Kier molecular flexibility index (Phi) is 7.32. The lowest BCUT2D eigenvalue weighted by molar-refractivity contribution is -0.552. The predicted octanol–water partition coefficient (Wildman–Crippen LogP) is 5.45. The van der Waals surface area contributed by atoms with E-state index < -0.39 is 37.5 Å². The summed E-state index contributed by atoms with van der Waals surface area (Å²) in [6.07, 6.45) is 1.33. The molecule has 0 saturated heterocycles. The first-order valence-electron chi connectivity index (χ1n) is 12.1. The van der Waals surface area contributed by atoms with E-state index in [0.717, 1.165) is 0 Å². The van der Waals surface area contributed by atoms with Crippen molar-refractivity contribution in [2.45, 2.75) is 11.0 Å². The molecule has 5 rings (SSSR count). The number of hydrogen-bond acceptors (Lipinski definition) is 4. The first-order valence-corrected chi connectivity index (χ1v) is 15.0. The Morgan fingerprint density at radius 3 is 1.67 bits per heavy atom. The molecule has 0 aliphatic carbocycles. The summed E-state index contributed by atoms with van der Waals surface area (Å²) in [4.78, 5) is 0. The molecular formula is C27H19BF6N2O4S2. The molecule has 1 aromatic heterocycles. The van der Waals surface area contributed by atoms with Gasteiger partial charge in [0.05, 0.1) is 0 Å². The van der Waals surface area contributed by atoms with Crippen LogP contribution in [0.1, 0.15) is 16.8 Å². The van der Waals surface area contributed by atoms with Crippen molar-refractivity contribution in [3.05, 3.63) is 132 Å². The van der Waals surface area contributed by atoms with Crippen molar-refractivity contribution in [2.24, 2.45) is 3.77 Å². The second kappa shape index (κ2) is 10.4. The highest BCUT2D eigenvalue weighted by molar-refractivity contribution is 8.02. The van der Waals surface area contributed by atoms with Gasteiger partial charge in [-0.1, -0.05) is 117 Å². The van der Waals surface area contributed by atoms with E-state index in [4.69, 9.17) is 4.10 Å². The van der Waals surface area contributed by atoms with Gasteiger partial charge in [0.15, 0.2) is 5.69 Å². The normalized spacial score (nSPS) is 18.8. The molecule has 0 spiro atoms. The monoisotopic (exact) mass is 624 g/mol. The first-order chi connectivity index (χ1) is 19.7. The third-order valence-electron chi connectivity index (χ3n) is 6.65. The molecule has 6 nitrogen and oxygen atoms in total. The molecule has 15 heteroatoms. The molecule has 2 atom stereocenters. The van der Waals surface area contributed by atoms with Gasteiger partial charge >= 0.3 is 27.5 Å². The van der Waals surface area contributed by atoms with Gasteiger partial charge in [0.25, 0.3) is 0 Å². The molecule has 0 radical (unpaired) electrons. The quantitative estimate of drug-likeness (QED) is 0.211. The number of pyridine rings is 1. The zero-order valence-electron chi connectivity index (χ0n) is 21.2. The summed E-state index contributed by atoms with van der Waals surface area (Å²) in [6.45, 7) is -3.64. The van der Waals surface area contributed by atoms with E-state index in [2.05, 4.69) is 0 Å². The van der Waals surface area contributed by atoms with Gasteiger partial charge in [0, 0.05) is 11.6 Å². The topological polar surface area (TPSA) is 76.7 Å². The lowest BCUT2D eigenvalue weighted by Crippen LogP contribution is -2.74. The van der Waals surface area contributed by atoms with Crippen molar-refractivity contribution in [2.75, 3.05) is 0 Å². The van der Waals surface area contributed by atoms with Crippen LogP contribution in [0.4, 0.5) is 26.3 Å². The fraction of sp³-hybridized carbons (Fsp3) is 0.0741. The summed E-state index contributed by atoms with van der Waals surface area (Å²) in [5.74, 6) is 0. The zero-order chi connectivity index (χ0) is 30.4. The van der Waals surface area contributed by atoms with Crippen LogP contribution in [0.25, 0.3) is 11.0 Å². The second-order valence-corrected chi connectivity index (χ2v) is 12.8. The van der Waals surface area contributed by atoms with Crippen LogP contribution in [0.15, 0.2) is 119 Å². The number of benzene rings is 3. The van der Waals surface area contributed by atoms with Gasteiger partial charge in [-0.2, -0.15) is 34.8 Å². The van der Waals surface area contributed by atoms with Crippen molar-refractivity contribution >= 4 is 43.0 Å². The van der Waals surface area contributed by atoms with Gasteiger partial charge < -0.3 is 8.58 Å². The summed E-state index contributed by atoms with van der Waals surface area (Å²) in [7, 11) is -13.6. The second-order valence-electron chi connectivity index (χ2n) is 9.18. The molecule has 42 heavy (non-hydrogen) atoms. The van der Waals surface area contributed by atoms with Gasteiger partial charge in [-0.3, -0.25) is 0 Å². The molecular weight excluding hydrogens is 605 g/mol. The average molecular weight is 624 g/mol. The Hall–Kier alpha value is -3.95. The fourth-order valence-electron chi connectivity index (χ4n) is 5.02. The largest absolute Gasteiger partial charge is 0.519 e. The Labute approximate surface area is 237 Å². The maximum Gasteiger partial charge on any atom is 0.519 e. The average Bonchev–Trinajstić information content (AvgIpc) is 3.24. The summed E-state index contributed by atoms with van der Waals surface area (Å²) in [5.41, 5.74) is -11.1. The van der Waals surface area contributed by atoms with E-state index >= 15 is 0 Å². The van der Waals surface area contributed by atoms with E-state index in [1.165, 1.54) is 41.0 Å². The summed E-state index contributed by atoms with van der Waals surface area (Å²) < 4.78 is 130. The van der Waals surface area contributed by atoms with Crippen LogP contribution in [0.3, 0.4) is 0 Å². The van der Waals surface area contributed by atoms with E-state index in [1.54, 1.807) is 78.9 Å². The van der Waals surface area contributed by atoms with Gasteiger partial charge in [0.1, 0.15) is 6.20 Å². The Bertz CT molecular complexity index is 1890. The van der Waals surface area contributed by atoms with Crippen LogP contribution < -0.4 is 9.94 Å². The summed E-state index contributed by atoms with van der Waals surface area (Å²) >= 11 is 0. The fourth-order valence-corrected chi connectivity index (χ4v) is 7.66. The Balaban J connectivity index is 2.00. The summed E-state index contributed by atoms with van der Waals surface area (Å²) in [5, 5.41) is 0. The molecule has 218 valence electrons. The molecule has 4 aromatic rings. The third kappa shape index (κ3) is 4.90. The number of nitrogens with zero attached hydrogens (tertiary/aromatic N) is 2. The Morgan fingerprint density at radius 1 is 0.643 bits per heavy atom. The van der Waals surface area contributed by atoms with Gasteiger partial charge in [-0.25, -0.2) is 4.21 Å². The number of hydrogen-bond donors (Lipinski definition) is 0. The van der Waals surface area contributed by atoms with Crippen molar-refractivity contribution in [1.82, 2.24) is 0 Å². The molecule has 0 unspecified atom stereocenters. The number of alkyl halides is 6.